The maximum atomic E-state index is 13.5. The fourth-order valence-electron chi connectivity index (χ4n) is 3.96. The quantitative estimate of drug-likeness (QED) is 0.425. The van der Waals surface area contributed by atoms with E-state index in [1.54, 1.807) is 43.4 Å². The number of aromatic nitrogens is 1. The highest BCUT2D eigenvalue weighted by Gasteiger charge is 2.19. The molecule has 174 valence electrons. The molecule has 0 aliphatic carbocycles. The summed E-state index contributed by atoms with van der Waals surface area (Å²) in [5, 5.41) is 0.944. The molecule has 0 aliphatic rings. The molecule has 0 unspecified atom stereocenters. The SMILES string of the molecule is COc1ccc(CN(Cc2cc3ccc(C)c(C)c3[nH]c2=O)C(=O)c2ccc(OC)cc2)cc1. The Balaban J connectivity index is 1.70. The highest BCUT2D eigenvalue weighted by molar-refractivity contribution is 5.94. The lowest BCUT2D eigenvalue weighted by Crippen LogP contribution is -2.32. The van der Waals surface area contributed by atoms with Crippen LogP contribution in [0.25, 0.3) is 10.9 Å². The van der Waals surface area contributed by atoms with Gasteiger partial charge in [-0.25, -0.2) is 0 Å². The Bertz CT molecular complexity index is 1370. The number of methoxy groups -OCH3 is 2. The highest BCUT2D eigenvalue weighted by Crippen LogP contribution is 2.21. The Morgan fingerprint density at radius 2 is 1.47 bits per heavy atom. The van der Waals surface area contributed by atoms with Gasteiger partial charge in [-0.3, -0.25) is 9.59 Å². The fraction of sp³-hybridized carbons (Fsp3) is 0.214. The molecule has 4 aromatic rings. The maximum absolute atomic E-state index is 13.5. The molecular formula is C28H28N2O4. The zero-order valence-electron chi connectivity index (χ0n) is 19.8. The van der Waals surface area contributed by atoms with Gasteiger partial charge in [-0.05, 0) is 78.4 Å². The predicted molar refractivity (Wildman–Crippen MR) is 134 cm³/mol. The lowest BCUT2D eigenvalue weighted by atomic mass is 10.0. The van der Waals surface area contributed by atoms with Crippen molar-refractivity contribution >= 4 is 16.8 Å². The van der Waals surface area contributed by atoms with E-state index in [-0.39, 0.29) is 18.0 Å². The van der Waals surface area contributed by atoms with Crippen molar-refractivity contribution in [3.05, 3.63) is 105 Å². The van der Waals surface area contributed by atoms with Crippen molar-refractivity contribution in [2.45, 2.75) is 26.9 Å². The van der Waals surface area contributed by atoms with Crippen LogP contribution in [0.2, 0.25) is 0 Å². The van der Waals surface area contributed by atoms with Gasteiger partial charge in [-0.15, -0.1) is 0 Å². The number of benzene rings is 3. The van der Waals surface area contributed by atoms with Gasteiger partial charge < -0.3 is 19.4 Å². The normalized spacial score (nSPS) is 10.8. The smallest absolute Gasteiger partial charge is 0.254 e. The number of carbonyl (C=O) groups excluding carboxylic acids is 1. The van der Waals surface area contributed by atoms with Crippen LogP contribution < -0.4 is 15.0 Å². The van der Waals surface area contributed by atoms with Crippen LogP contribution >= 0.6 is 0 Å². The van der Waals surface area contributed by atoms with Crippen molar-refractivity contribution in [3.63, 3.8) is 0 Å². The van der Waals surface area contributed by atoms with Crippen LogP contribution in [0.3, 0.4) is 0 Å². The summed E-state index contributed by atoms with van der Waals surface area (Å²) in [4.78, 5) is 31.2. The largest absolute Gasteiger partial charge is 0.497 e. The zero-order valence-corrected chi connectivity index (χ0v) is 19.8. The number of aryl methyl sites for hydroxylation is 2. The summed E-state index contributed by atoms with van der Waals surface area (Å²) < 4.78 is 10.5. The Morgan fingerprint density at radius 3 is 2.09 bits per heavy atom. The average Bonchev–Trinajstić information content (AvgIpc) is 2.87. The molecule has 0 spiro atoms. The molecule has 3 aromatic carbocycles. The lowest BCUT2D eigenvalue weighted by molar-refractivity contribution is 0.0729. The molecule has 0 atom stereocenters. The number of hydrogen-bond acceptors (Lipinski definition) is 4. The number of nitrogens with one attached hydrogen (secondary N) is 1. The standard InChI is InChI=1S/C28H28N2O4/c1-18-5-8-22-15-23(27(31)29-26(22)19(18)2)17-30(16-20-6-11-24(33-3)12-7-20)28(32)21-9-13-25(34-4)14-10-21/h5-15H,16-17H2,1-4H3,(H,29,31). The Hall–Kier alpha value is -4.06. The van der Waals surface area contributed by atoms with E-state index >= 15 is 0 Å². The lowest BCUT2D eigenvalue weighted by Gasteiger charge is -2.23. The first-order valence-electron chi connectivity index (χ1n) is 11.1. The van der Waals surface area contributed by atoms with Gasteiger partial charge >= 0.3 is 0 Å². The molecule has 1 N–H and O–H groups in total. The first-order chi connectivity index (χ1) is 16.4. The first kappa shape index (κ1) is 23.1. The number of ether oxygens (including phenoxy) is 2. The van der Waals surface area contributed by atoms with Gasteiger partial charge in [0.1, 0.15) is 11.5 Å². The molecular weight excluding hydrogens is 428 g/mol. The zero-order chi connectivity index (χ0) is 24.2. The summed E-state index contributed by atoms with van der Waals surface area (Å²) in [6.45, 7) is 4.54. The van der Waals surface area contributed by atoms with E-state index in [9.17, 15) is 9.59 Å². The molecule has 6 heteroatoms. The van der Waals surface area contributed by atoms with E-state index in [2.05, 4.69) is 4.98 Å². The topological polar surface area (TPSA) is 71.6 Å². The number of pyridine rings is 1. The molecule has 1 aromatic heterocycles. The monoisotopic (exact) mass is 456 g/mol. The van der Waals surface area contributed by atoms with Crippen molar-refractivity contribution in [1.82, 2.24) is 9.88 Å². The molecule has 1 amide bonds. The third-order valence-corrected chi connectivity index (χ3v) is 6.15. The second-order valence-electron chi connectivity index (χ2n) is 8.33. The molecule has 4 rings (SSSR count). The minimum Gasteiger partial charge on any atom is -0.497 e. The summed E-state index contributed by atoms with van der Waals surface area (Å²) in [5.74, 6) is 1.25. The van der Waals surface area contributed by atoms with Crippen LogP contribution in [0.5, 0.6) is 11.5 Å². The number of fused-ring (bicyclic) bond motifs is 1. The van der Waals surface area contributed by atoms with Crippen LogP contribution in [-0.4, -0.2) is 30.0 Å². The van der Waals surface area contributed by atoms with E-state index in [0.717, 1.165) is 33.3 Å². The maximum Gasteiger partial charge on any atom is 0.254 e. The number of nitrogens with zero attached hydrogens (tertiary/aromatic N) is 1. The number of carbonyl (C=O) groups is 1. The van der Waals surface area contributed by atoms with E-state index in [1.807, 2.05) is 56.3 Å². The average molecular weight is 457 g/mol. The Labute approximate surface area is 198 Å². The summed E-state index contributed by atoms with van der Waals surface area (Å²) in [6, 6.07) is 20.5. The highest BCUT2D eigenvalue weighted by atomic mass is 16.5. The van der Waals surface area contributed by atoms with E-state index in [1.165, 1.54) is 0 Å². The van der Waals surface area contributed by atoms with Gasteiger partial charge in [0.15, 0.2) is 0 Å². The van der Waals surface area contributed by atoms with Crippen molar-refractivity contribution in [2.24, 2.45) is 0 Å². The van der Waals surface area contributed by atoms with Gasteiger partial charge in [0.25, 0.3) is 11.5 Å². The Kier molecular flexibility index (Phi) is 6.68. The molecule has 0 saturated heterocycles. The van der Waals surface area contributed by atoms with Gasteiger partial charge in [0.05, 0.1) is 26.3 Å². The van der Waals surface area contributed by atoms with Gasteiger partial charge in [-0.1, -0.05) is 24.3 Å². The summed E-state index contributed by atoms with van der Waals surface area (Å²) in [5.41, 5.74) is 4.80. The molecule has 0 bridgehead atoms. The van der Waals surface area contributed by atoms with E-state index in [4.69, 9.17) is 9.47 Å². The van der Waals surface area contributed by atoms with E-state index in [0.29, 0.717) is 23.4 Å². The van der Waals surface area contributed by atoms with Crippen LogP contribution in [0.4, 0.5) is 0 Å². The van der Waals surface area contributed by atoms with Gasteiger partial charge in [-0.2, -0.15) is 0 Å². The molecule has 6 nitrogen and oxygen atoms in total. The summed E-state index contributed by atoms with van der Waals surface area (Å²) in [7, 11) is 3.20. The molecule has 1 heterocycles. The third-order valence-electron chi connectivity index (χ3n) is 6.15. The van der Waals surface area contributed by atoms with Crippen LogP contribution in [-0.2, 0) is 13.1 Å². The minimum atomic E-state index is -0.191. The van der Waals surface area contributed by atoms with Gasteiger partial charge in [0, 0.05) is 17.7 Å². The molecule has 0 radical (unpaired) electrons. The van der Waals surface area contributed by atoms with Gasteiger partial charge in [0.2, 0.25) is 0 Å². The first-order valence-corrected chi connectivity index (χ1v) is 11.1. The van der Waals surface area contributed by atoms with Crippen molar-refractivity contribution in [2.75, 3.05) is 14.2 Å². The van der Waals surface area contributed by atoms with Crippen molar-refractivity contribution < 1.29 is 14.3 Å². The summed E-state index contributed by atoms with van der Waals surface area (Å²) >= 11 is 0. The van der Waals surface area contributed by atoms with Crippen molar-refractivity contribution in [1.29, 1.82) is 0 Å². The fourth-order valence-corrected chi connectivity index (χ4v) is 3.96. The number of amides is 1. The molecule has 0 fully saturated rings. The molecule has 34 heavy (non-hydrogen) atoms. The number of aromatic amines is 1. The number of rotatable bonds is 7. The Morgan fingerprint density at radius 1 is 0.853 bits per heavy atom. The van der Waals surface area contributed by atoms with Crippen LogP contribution in [0.15, 0.2) is 71.5 Å². The molecule has 0 saturated carbocycles. The third kappa shape index (κ3) is 4.81. The number of hydrogen-bond donors (Lipinski definition) is 1. The van der Waals surface area contributed by atoms with Crippen molar-refractivity contribution in [3.8, 4) is 11.5 Å². The predicted octanol–water partition coefficient (Wildman–Crippen LogP) is 5.00. The second kappa shape index (κ2) is 9.83. The van der Waals surface area contributed by atoms with Crippen LogP contribution in [0, 0.1) is 13.8 Å². The second-order valence-corrected chi connectivity index (χ2v) is 8.33. The van der Waals surface area contributed by atoms with Crippen LogP contribution in [0.1, 0.15) is 32.6 Å². The number of H-pyrrole nitrogens is 1. The summed E-state index contributed by atoms with van der Waals surface area (Å²) in [6.07, 6.45) is 0. The molecule has 0 aliphatic heterocycles. The van der Waals surface area contributed by atoms with E-state index < -0.39 is 0 Å². The minimum absolute atomic E-state index is 0.168.